The van der Waals surface area contributed by atoms with Crippen LogP contribution in [0.4, 0.5) is 10.1 Å². The van der Waals surface area contributed by atoms with Crippen molar-refractivity contribution in [1.82, 2.24) is 5.32 Å². The highest BCUT2D eigenvalue weighted by molar-refractivity contribution is 7.92. The average molecular weight is 326 g/mol. The molecule has 1 saturated heterocycles. The van der Waals surface area contributed by atoms with Crippen LogP contribution in [0.25, 0.3) is 0 Å². The van der Waals surface area contributed by atoms with Crippen molar-refractivity contribution in [2.75, 3.05) is 31.1 Å². The molecule has 6 heteroatoms. The van der Waals surface area contributed by atoms with Gasteiger partial charge in [0.1, 0.15) is 5.82 Å². The van der Waals surface area contributed by atoms with Crippen LogP contribution in [0.15, 0.2) is 23.1 Å². The molecule has 1 saturated carbocycles. The summed E-state index contributed by atoms with van der Waals surface area (Å²) < 4.78 is 39.7. The Hall–Kier alpha value is -1.14. The minimum absolute atomic E-state index is 0.135. The minimum Gasteiger partial charge on any atom is -0.367 e. The fraction of sp³-hybridized carbons (Fsp3) is 0.625. The highest BCUT2D eigenvalue weighted by Gasteiger charge is 2.29. The van der Waals surface area contributed by atoms with Crippen LogP contribution in [0.3, 0.4) is 0 Å². The summed E-state index contributed by atoms with van der Waals surface area (Å²) >= 11 is 0. The topological polar surface area (TPSA) is 49.4 Å². The summed E-state index contributed by atoms with van der Waals surface area (Å²) in [6.45, 7) is 3.13. The van der Waals surface area contributed by atoms with Gasteiger partial charge in [0.15, 0.2) is 9.84 Å². The molecule has 2 aliphatic rings. The summed E-state index contributed by atoms with van der Waals surface area (Å²) in [4.78, 5) is 2.10. The Morgan fingerprint density at radius 1 is 1.09 bits per heavy atom. The van der Waals surface area contributed by atoms with E-state index in [1.54, 1.807) is 12.1 Å². The number of nitrogens with zero attached hydrogens (tertiary/aromatic N) is 1. The zero-order valence-electron chi connectivity index (χ0n) is 12.7. The normalized spacial score (nSPS) is 21.0. The third-order valence-electron chi connectivity index (χ3n) is 4.70. The summed E-state index contributed by atoms with van der Waals surface area (Å²) in [7, 11) is -3.40. The molecule has 0 bridgehead atoms. The van der Waals surface area contributed by atoms with Gasteiger partial charge in [-0.15, -0.1) is 0 Å². The molecular weight excluding hydrogens is 303 g/mol. The number of hydrogen-bond donors (Lipinski definition) is 1. The highest BCUT2D eigenvalue weighted by Crippen LogP contribution is 2.30. The van der Waals surface area contributed by atoms with Gasteiger partial charge >= 0.3 is 0 Å². The van der Waals surface area contributed by atoms with Crippen LogP contribution in [-0.2, 0) is 9.84 Å². The molecule has 0 aromatic heterocycles. The van der Waals surface area contributed by atoms with Crippen LogP contribution in [0.5, 0.6) is 0 Å². The monoisotopic (exact) mass is 326 g/mol. The molecule has 1 N–H and O–H groups in total. The van der Waals surface area contributed by atoms with E-state index in [1.165, 1.54) is 6.07 Å². The first kappa shape index (κ1) is 15.7. The van der Waals surface area contributed by atoms with Crippen LogP contribution in [0, 0.1) is 5.82 Å². The molecule has 0 unspecified atom stereocenters. The van der Waals surface area contributed by atoms with Gasteiger partial charge in [-0.1, -0.05) is 19.3 Å². The van der Waals surface area contributed by atoms with Crippen LogP contribution in [0.1, 0.15) is 32.1 Å². The molecule has 1 aromatic carbocycles. The second-order valence-corrected chi connectivity index (χ2v) is 8.38. The quantitative estimate of drug-likeness (QED) is 0.926. The first-order valence-corrected chi connectivity index (χ1v) is 9.63. The molecule has 2 fully saturated rings. The average Bonchev–Trinajstić information content (AvgIpc) is 2.56. The molecule has 3 rings (SSSR count). The zero-order chi connectivity index (χ0) is 15.6. The van der Waals surface area contributed by atoms with Gasteiger partial charge in [0, 0.05) is 26.2 Å². The van der Waals surface area contributed by atoms with Gasteiger partial charge < -0.3 is 10.2 Å². The molecule has 122 valence electrons. The molecule has 1 heterocycles. The molecule has 22 heavy (non-hydrogen) atoms. The number of halogens is 1. The van der Waals surface area contributed by atoms with Gasteiger partial charge in [0.2, 0.25) is 0 Å². The van der Waals surface area contributed by atoms with Crippen molar-refractivity contribution < 1.29 is 12.8 Å². The Morgan fingerprint density at radius 3 is 2.41 bits per heavy atom. The maximum Gasteiger partial charge on any atom is 0.181 e. The Kier molecular flexibility index (Phi) is 4.68. The molecular formula is C16H23FN2O2S. The van der Waals surface area contributed by atoms with Gasteiger partial charge in [-0.2, -0.15) is 0 Å². The van der Waals surface area contributed by atoms with E-state index in [4.69, 9.17) is 0 Å². The predicted molar refractivity (Wildman–Crippen MR) is 85.5 cm³/mol. The van der Waals surface area contributed by atoms with Crippen molar-refractivity contribution >= 4 is 15.5 Å². The fourth-order valence-corrected chi connectivity index (χ4v) is 5.26. The van der Waals surface area contributed by atoms with E-state index in [9.17, 15) is 12.8 Å². The number of sulfone groups is 1. The first-order chi connectivity index (χ1) is 10.6. The summed E-state index contributed by atoms with van der Waals surface area (Å²) in [5.74, 6) is -0.432. The fourth-order valence-electron chi connectivity index (χ4n) is 3.39. The molecule has 0 radical (unpaired) electrons. The second-order valence-electron chi connectivity index (χ2n) is 6.16. The first-order valence-electron chi connectivity index (χ1n) is 8.08. The SMILES string of the molecule is O=S(=O)(c1ccc(N2CCNCC2)c(F)c1)C1CCCCC1. The predicted octanol–water partition coefficient (Wildman–Crippen LogP) is 2.34. The van der Waals surface area contributed by atoms with E-state index in [1.807, 2.05) is 4.90 Å². The molecule has 1 aliphatic carbocycles. The Balaban J connectivity index is 1.84. The smallest absolute Gasteiger partial charge is 0.181 e. The molecule has 0 atom stereocenters. The lowest BCUT2D eigenvalue weighted by atomic mass is 10.0. The standard InChI is InChI=1S/C16H23FN2O2S/c17-15-12-14(22(20,21)13-4-2-1-3-5-13)6-7-16(15)19-10-8-18-9-11-19/h6-7,12-13,18H,1-5,8-11H2. The van der Waals surface area contributed by atoms with Gasteiger partial charge in [0.05, 0.1) is 15.8 Å². The summed E-state index contributed by atoms with van der Waals surface area (Å²) in [5, 5.41) is 2.88. The third kappa shape index (κ3) is 3.13. The van der Waals surface area contributed by atoms with Crippen molar-refractivity contribution in [3.8, 4) is 0 Å². The third-order valence-corrected chi connectivity index (χ3v) is 6.96. The molecule has 0 spiro atoms. The second kappa shape index (κ2) is 6.54. The minimum atomic E-state index is -3.40. The van der Waals surface area contributed by atoms with Crippen molar-refractivity contribution in [3.05, 3.63) is 24.0 Å². The van der Waals surface area contributed by atoms with Crippen molar-refractivity contribution in [1.29, 1.82) is 0 Å². The highest BCUT2D eigenvalue weighted by atomic mass is 32.2. The summed E-state index contributed by atoms with van der Waals surface area (Å²) in [6.07, 6.45) is 4.39. The largest absolute Gasteiger partial charge is 0.367 e. The maximum absolute atomic E-state index is 14.4. The number of benzene rings is 1. The van der Waals surface area contributed by atoms with E-state index in [0.717, 1.165) is 45.4 Å². The van der Waals surface area contributed by atoms with Crippen molar-refractivity contribution in [3.63, 3.8) is 0 Å². The molecule has 1 aliphatic heterocycles. The van der Waals surface area contributed by atoms with Crippen LogP contribution < -0.4 is 10.2 Å². The van der Waals surface area contributed by atoms with Crippen molar-refractivity contribution in [2.24, 2.45) is 0 Å². The van der Waals surface area contributed by atoms with E-state index in [-0.39, 0.29) is 10.1 Å². The summed E-state index contributed by atoms with van der Waals surface area (Å²) in [6, 6.07) is 4.40. The Bertz CT molecular complexity index is 621. The summed E-state index contributed by atoms with van der Waals surface area (Å²) in [5.41, 5.74) is 0.504. The lowest BCUT2D eigenvalue weighted by molar-refractivity contribution is 0.483. The number of hydrogen-bond acceptors (Lipinski definition) is 4. The van der Waals surface area contributed by atoms with Crippen LogP contribution in [-0.4, -0.2) is 39.8 Å². The van der Waals surface area contributed by atoms with E-state index in [2.05, 4.69) is 5.32 Å². The maximum atomic E-state index is 14.4. The van der Waals surface area contributed by atoms with Crippen LogP contribution in [0.2, 0.25) is 0 Å². The van der Waals surface area contributed by atoms with E-state index >= 15 is 0 Å². The molecule has 0 amide bonds. The number of nitrogens with one attached hydrogen (secondary N) is 1. The van der Waals surface area contributed by atoms with Gasteiger partial charge in [-0.05, 0) is 31.0 Å². The lowest BCUT2D eigenvalue weighted by Gasteiger charge is -2.30. The number of rotatable bonds is 3. The lowest BCUT2D eigenvalue weighted by Crippen LogP contribution is -2.43. The molecule has 1 aromatic rings. The van der Waals surface area contributed by atoms with Gasteiger partial charge in [-0.3, -0.25) is 0 Å². The number of anilines is 1. The Labute approximate surface area is 131 Å². The number of piperazine rings is 1. The molecule has 4 nitrogen and oxygen atoms in total. The van der Waals surface area contributed by atoms with Gasteiger partial charge in [0.25, 0.3) is 0 Å². The van der Waals surface area contributed by atoms with Crippen LogP contribution >= 0.6 is 0 Å². The van der Waals surface area contributed by atoms with E-state index in [0.29, 0.717) is 18.5 Å². The van der Waals surface area contributed by atoms with Gasteiger partial charge in [-0.25, -0.2) is 12.8 Å². The zero-order valence-corrected chi connectivity index (χ0v) is 13.5. The van der Waals surface area contributed by atoms with Crippen molar-refractivity contribution in [2.45, 2.75) is 42.2 Å². The van der Waals surface area contributed by atoms with E-state index < -0.39 is 15.7 Å². The Morgan fingerprint density at radius 2 is 1.77 bits per heavy atom.